The lowest BCUT2D eigenvalue weighted by Gasteiger charge is -2.19. The average molecular weight is 321 g/mol. The summed E-state index contributed by atoms with van der Waals surface area (Å²) in [5, 5.41) is 2.71. The van der Waals surface area contributed by atoms with Gasteiger partial charge in [0, 0.05) is 12.0 Å². The molecule has 0 radical (unpaired) electrons. The monoisotopic (exact) mass is 321 g/mol. The Kier molecular flexibility index (Phi) is 5.31. The summed E-state index contributed by atoms with van der Waals surface area (Å²) < 4.78 is 33.7. The zero-order valence-electron chi connectivity index (χ0n) is 13.7. The van der Waals surface area contributed by atoms with Crippen molar-refractivity contribution in [1.82, 2.24) is 5.32 Å². The van der Waals surface area contributed by atoms with E-state index >= 15 is 0 Å². The van der Waals surface area contributed by atoms with Crippen molar-refractivity contribution in [3.63, 3.8) is 0 Å². The van der Waals surface area contributed by atoms with E-state index in [4.69, 9.17) is 8.92 Å². The highest BCUT2D eigenvalue weighted by Crippen LogP contribution is 2.31. The summed E-state index contributed by atoms with van der Waals surface area (Å²) in [6.45, 7) is 11.0. The second-order valence-corrected chi connectivity index (χ2v) is 9.44. The molecule has 0 aromatic rings. The van der Waals surface area contributed by atoms with Crippen LogP contribution in [0.25, 0.3) is 0 Å². The quantitative estimate of drug-likeness (QED) is 0.786. The third-order valence-corrected chi connectivity index (χ3v) is 4.41. The van der Waals surface area contributed by atoms with Gasteiger partial charge in [-0.1, -0.05) is 20.8 Å². The van der Waals surface area contributed by atoms with Gasteiger partial charge in [0.05, 0.1) is 12.4 Å². The molecule has 1 amide bonds. The van der Waals surface area contributed by atoms with Crippen molar-refractivity contribution >= 4 is 16.2 Å². The molecule has 0 aliphatic heterocycles. The van der Waals surface area contributed by atoms with Crippen LogP contribution in [0.3, 0.4) is 0 Å². The van der Waals surface area contributed by atoms with Gasteiger partial charge >= 0.3 is 6.09 Å². The summed E-state index contributed by atoms with van der Waals surface area (Å²) in [7, 11) is -3.52. The predicted octanol–water partition coefficient (Wildman–Crippen LogP) is 2.29. The Morgan fingerprint density at radius 3 is 2.24 bits per heavy atom. The zero-order valence-corrected chi connectivity index (χ0v) is 14.5. The van der Waals surface area contributed by atoms with E-state index < -0.39 is 21.8 Å². The summed E-state index contributed by atoms with van der Waals surface area (Å²) in [5.41, 5.74) is -0.877. The maximum atomic E-state index is 11.8. The molecule has 1 rings (SSSR count). The molecule has 1 saturated carbocycles. The van der Waals surface area contributed by atoms with Crippen LogP contribution < -0.4 is 5.32 Å². The van der Waals surface area contributed by atoms with E-state index in [-0.39, 0.29) is 29.7 Å². The fourth-order valence-electron chi connectivity index (χ4n) is 1.83. The third-order valence-electron chi connectivity index (χ3n) is 2.70. The van der Waals surface area contributed by atoms with Crippen molar-refractivity contribution in [3.8, 4) is 0 Å². The van der Waals surface area contributed by atoms with Crippen molar-refractivity contribution < 1.29 is 22.1 Å². The van der Waals surface area contributed by atoms with Crippen molar-refractivity contribution in [2.75, 3.05) is 12.4 Å². The van der Waals surface area contributed by atoms with Gasteiger partial charge in [-0.15, -0.1) is 0 Å². The lowest BCUT2D eigenvalue weighted by atomic mass is 10.0. The van der Waals surface area contributed by atoms with E-state index in [0.717, 1.165) is 0 Å². The number of hydrogen-bond donors (Lipinski definition) is 1. The number of hydrogen-bond acceptors (Lipinski definition) is 5. The fourth-order valence-corrected chi connectivity index (χ4v) is 3.36. The molecule has 1 aliphatic carbocycles. The minimum absolute atomic E-state index is 0.0170. The number of amides is 1. The summed E-state index contributed by atoms with van der Waals surface area (Å²) in [4.78, 5) is 11.6. The minimum atomic E-state index is -3.52. The second-order valence-electron chi connectivity index (χ2n) is 7.80. The number of nitrogens with one attached hydrogen (secondary N) is 1. The van der Waals surface area contributed by atoms with Crippen LogP contribution in [0.4, 0.5) is 4.79 Å². The molecule has 124 valence electrons. The number of carbonyl (C=O) groups is 1. The maximum absolute atomic E-state index is 11.8. The molecule has 0 bridgehead atoms. The third kappa shape index (κ3) is 8.26. The Labute approximate surface area is 127 Å². The molecule has 0 aromatic carbocycles. The molecular weight excluding hydrogens is 294 g/mol. The largest absolute Gasteiger partial charge is 0.444 e. The van der Waals surface area contributed by atoms with Gasteiger partial charge in [0.2, 0.25) is 0 Å². The molecule has 0 spiro atoms. The van der Waals surface area contributed by atoms with Crippen LogP contribution in [0.5, 0.6) is 0 Å². The molecule has 21 heavy (non-hydrogen) atoms. The molecule has 0 unspecified atom stereocenters. The molecule has 2 atom stereocenters. The highest BCUT2D eigenvalue weighted by molar-refractivity contribution is 7.86. The number of carbonyl (C=O) groups excluding carboxylic acids is 1. The Hall–Kier alpha value is -0.820. The van der Waals surface area contributed by atoms with E-state index in [9.17, 15) is 13.2 Å². The number of rotatable bonds is 5. The lowest BCUT2D eigenvalue weighted by molar-refractivity contribution is 0.0520. The van der Waals surface area contributed by atoms with Gasteiger partial charge in [-0.25, -0.2) is 4.79 Å². The van der Waals surface area contributed by atoms with Gasteiger partial charge in [-0.3, -0.25) is 4.18 Å². The predicted molar refractivity (Wildman–Crippen MR) is 80.5 cm³/mol. The van der Waals surface area contributed by atoms with Crippen LogP contribution in [0.2, 0.25) is 0 Å². The van der Waals surface area contributed by atoms with Crippen LogP contribution in [0, 0.1) is 11.3 Å². The van der Waals surface area contributed by atoms with Gasteiger partial charge in [-0.2, -0.15) is 8.42 Å². The summed E-state index contributed by atoms with van der Waals surface area (Å²) >= 11 is 0. The second kappa shape index (κ2) is 6.12. The van der Waals surface area contributed by atoms with Gasteiger partial charge in [0.25, 0.3) is 10.1 Å². The number of ether oxygens (including phenoxy) is 1. The molecule has 1 N–H and O–H groups in total. The van der Waals surface area contributed by atoms with Crippen molar-refractivity contribution in [2.24, 2.45) is 11.3 Å². The highest BCUT2D eigenvalue weighted by Gasteiger charge is 2.40. The normalized spacial score (nSPS) is 22.8. The lowest BCUT2D eigenvalue weighted by Crippen LogP contribution is -2.34. The molecule has 7 heteroatoms. The van der Waals surface area contributed by atoms with Gasteiger partial charge < -0.3 is 10.1 Å². The average Bonchev–Trinajstić information content (AvgIpc) is 2.86. The first-order valence-corrected chi connectivity index (χ1v) is 8.72. The van der Waals surface area contributed by atoms with Crippen molar-refractivity contribution in [1.29, 1.82) is 0 Å². The first kappa shape index (κ1) is 18.2. The van der Waals surface area contributed by atoms with Gasteiger partial charge in [0.1, 0.15) is 5.60 Å². The molecule has 1 aliphatic rings. The minimum Gasteiger partial charge on any atom is -0.444 e. The summed E-state index contributed by atoms with van der Waals surface area (Å²) in [5.74, 6) is 0.0175. The summed E-state index contributed by atoms with van der Waals surface area (Å²) in [6, 6.07) is -0.0651. The Balaban J connectivity index is 2.30. The van der Waals surface area contributed by atoms with E-state index in [0.29, 0.717) is 6.42 Å². The topological polar surface area (TPSA) is 81.7 Å². The molecule has 0 aromatic heterocycles. The van der Waals surface area contributed by atoms with E-state index in [1.165, 1.54) is 0 Å². The SMILES string of the molecule is CC(C)(C)CS(=O)(=O)OC[C@H]1C[C@H]1NC(=O)OC(C)(C)C. The maximum Gasteiger partial charge on any atom is 0.407 e. The molecule has 6 nitrogen and oxygen atoms in total. The smallest absolute Gasteiger partial charge is 0.407 e. The van der Waals surface area contributed by atoms with Crippen molar-refractivity contribution in [2.45, 2.75) is 59.6 Å². The van der Waals surface area contributed by atoms with Gasteiger partial charge in [-0.05, 0) is 32.6 Å². The van der Waals surface area contributed by atoms with Crippen LogP contribution in [0.1, 0.15) is 48.0 Å². The standard InChI is InChI=1S/C14H27NO5S/c1-13(2,3)9-21(17,18)19-8-10-7-11(10)15-12(16)20-14(4,5)6/h10-11H,7-9H2,1-6H3,(H,15,16)/t10-,11-/m1/s1. The van der Waals surface area contributed by atoms with E-state index in [1.807, 2.05) is 20.8 Å². The summed E-state index contributed by atoms with van der Waals surface area (Å²) in [6.07, 6.45) is 0.233. The van der Waals surface area contributed by atoms with Crippen LogP contribution in [-0.4, -0.2) is 38.5 Å². The van der Waals surface area contributed by atoms with Crippen LogP contribution in [-0.2, 0) is 19.0 Å². The van der Waals surface area contributed by atoms with Crippen LogP contribution >= 0.6 is 0 Å². The van der Waals surface area contributed by atoms with Crippen LogP contribution in [0.15, 0.2) is 0 Å². The fraction of sp³-hybridized carbons (Fsp3) is 0.929. The first-order chi connectivity index (χ1) is 9.27. The van der Waals surface area contributed by atoms with Crippen molar-refractivity contribution in [3.05, 3.63) is 0 Å². The molecule has 1 fully saturated rings. The molecular formula is C14H27NO5S. The van der Waals surface area contributed by atoms with E-state index in [1.54, 1.807) is 20.8 Å². The van der Waals surface area contributed by atoms with E-state index in [2.05, 4.69) is 5.32 Å². The zero-order chi connectivity index (χ0) is 16.5. The molecule has 0 saturated heterocycles. The highest BCUT2D eigenvalue weighted by atomic mass is 32.2. The van der Waals surface area contributed by atoms with Gasteiger partial charge in [0.15, 0.2) is 0 Å². The Morgan fingerprint density at radius 2 is 1.76 bits per heavy atom. The Morgan fingerprint density at radius 1 is 1.19 bits per heavy atom. The first-order valence-electron chi connectivity index (χ1n) is 7.14. The Bertz CT molecular complexity index is 473. The molecule has 0 heterocycles. The number of alkyl carbamates (subject to hydrolysis) is 1.